The minimum atomic E-state index is -2.32. The van der Waals surface area contributed by atoms with Gasteiger partial charge in [-0.1, -0.05) is 12.1 Å². The largest absolute Gasteiger partial charge is 0.507 e. The number of rotatable bonds is 10. The zero-order valence-corrected chi connectivity index (χ0v) is 31.6. The Hall–Kier alpha value is -4.20. The molecule has 3 aliphatic heterocycles. The zero-order chi connectivity index (χ0) is 39.5. The van der Waals surface area contributed by atoms with Crippen LogP contribution in [0.15, 0.2) is 18.2 Å². The molecule has 298 valence electrons. The van der Waals surface area contributed by atoms with Gasteiger partial charge in [-0.3, -0.25) is 19.3 Å². The smallest absolute Gasteiger partial charge is 0.409 e. The number of carbonyl (C=O) groups excluding carboxylic acids is 4. The van der Waals surface area contributed by atoms with Crippen molar-refractivity contribution in [1.82, 2.24) is 14.7 Å². The summed E-state index contributed by atoms with van der Waals surface area (Å²) < 4.78 is 41.0. The minimum absolute atomic E-state index is 0.0539. The molecule has 0 saturated carbocycles. The van der Waals surface area contributed by atoms with Gasteiger partial charge in [0.1, 0.15) is 29.0 Å². The fourth-order valence-corrected chi connectivity index (χ4v) is 8.36. The van der Waals surface area contributed by atoms with Crippen molar-refractivity contribution in [3.05, 3.63) is 51.6 Å². The van der Waals surface area contributed by atoms with Gasteiger partial charge in [-0.2, -0.15) is 0 Å². The summed E-state index contributed by atoms with van der Waals surface area (Å²) in [5.74, 6) is -3.68. The number of ketones is 3. The Balaban J connectivity index is 1.24. The number of phenols is 2. The van der Waals surface area contributed by atoms with Gasteiger partial charge in [-0.25, -0.2) is 4.79 Å². The number of ether oxygens (including phenoxy) is 7. The summed E-state index contributed by atoms with van der Waals surface area (Å²) in [5.41, 5.74) is -3.65. The topological polar surface area (TPSA) is 203 Å². The lowest BCUT2D eigenvalue weighted by molar-refractivity contribution is -0.256. The number of Topliss-reactive ketones (excluding diaryl/α,β-unsaturated/α-hetero) is 1. The number of fused-ring (bicyclic) bond motifs is 6. The third-order valence-corrected chi connectivity index (χ3v) is 11.2. The van der Waals surface area contributed by atoms with Crippen LogP contribution in [0.5, 0.6) is 17.2 Å². The van der Waals surface area contributed by atoms with Crippen molar-refractivity contribution in [3.63, 3.8) is 0 Å². The van der Waals surface area contributed by atoms with E-state index in [1.807, 2.05) is 25.9 Å². The number of hydrogen-bond donors (Lipinski definition) is 3. The number of benzene rings is 2. The number of methoxy groups -OCH3 is 2. The van der Waals surface area contributed by atoms with E-state index in [2.05, 4.69) is 4.90 Å². The molecule has 55 heavy (non-hydrogen) atoms. The molecule has 17 nitrogen and oxygen atoms in total. The molecule has 2 aliphatic carbocycles. The summed E-state index contributed by atoms with van der Waals surface area (Å²) >= 11 is 0. The van der Waals surface area contributed by atoms with E-state index in [0.29, 0.717) is 26.2 Å². The highest BCUT2D eigenvalue weighted by Gasteiger charge is 2.55. The van der Waals surface area contributed by atoms with E-state index in [-0.39, 0.29) is 46.6 Å². The zero-order valence-electron chi connectivity index (χ0n) is 31.6. The van der Waals surface area contributed by atoms with Crippen molar-refractivity contribution in [2.45, 2.75) is 74.9 Å². The first-order valence-corrected chi connectivity index (χ1v) is 18.2. The van der Waals surface area contributed by atoms with Gasteiger partial charge in [0.15, 0.2) is 31.2 Å². The molecule has 2 aromatic carbocycles. The quantitative estimate of drug-likeness (QED) is 0.249. The molecule has 17 heteroatoms. The first-order valence-electron chi connectivity index (χ1n) is 18.2. The van der Waals surface area contributed by atoms with E-state index in [1.165, 1.54) is 44.4 Å². The van der Waals surface area contributed by atoms with Crippen LogP contribution in [-0.2, 0) is 39.6 Å². The predicted molar refractivity (Wildman–Crippen MR) is 189 cm³/mol. The van der Waals surface area contributed by atoms with Crippen LogP contribution in [0, 0.1) is 0 Å². The summed E-state index contributed by atoms with van der Waals surface area (Å²) in [5, 5.41) is 35.9. The van der Waals surface area contributed by atoms with Crippen LogP contribution in [0.4, 0.5) is 4.79 Å². The Labute approximate surface area is 317 Å². The maximum Gasteiger partial charge on any atom is 0.409 e. The highest BCUT2D eigenvalue weighted by atomic mass is 16.7. The maximum atomic E-state index is 14.1. The summed E-state index contributed by atoms with van der Waals surface area (Å²) in [6, 6.07) is 4.22. The highest BCUT2D eigenvalue weighted by molar-refractivity contribution is 6.31. The van der Waals surface area contributed by atoms with E-state index in [1.54, 1.807) is 0 Å². The molecule has 7 rings (SSSR count). The van der Waals surface area contributed by atoms with E-state index >= 15 is 0 Å². The number of likely N-dealkylation sites (N-methyl/N-ethyl adjacent to an activating group) is 2. The molecule has 3 saturated heterocycles. The number of phenolic OH excluding ortho intramolecular Hbond substituents is 2. The molecule has 0 aromatic heterocycles. The number of carbonyl (C=O) groups is 4. The third kappa shape index (κ3) is 6.75. The van der Waals surface area contributed by atoms with Gasteiger partial charge in [0, 0.05) is 75.8 Å². The van der Waals surface area contributed by atoms with Crippen molar-refractivity contribution in [1.29, 1.82) is 0 Å². The van der Waals surface area contributed by atoms with Crippen LogP contribution in [0.1, 0.15) is 68.8 Å². The van der Waals surface area contributed by atoms with Crippen LogP contribution in [0.25, 0.3) is 0 Å². The summed E-state index contributed by atoms with van der Waals surface area (Å²) in [6.07, 6.45) is -5.93. The number of amides is 1. The van der Waals surface area contributed by atoms with E-state index in [0.717, 1.165) is 0 Å². The number of nitrogens with zero attached hydrogens (tertiary/aromatic N) is 3. The van der Waals surface area contributed by atoms with Crippen molar-refractivity contribution in [3.8, 4) is 17.2 Å². The van der Waals surface area contributed by atoms with Gasteiger partial charge >= 0.3 is 6.09 Å². The Bertz CT molecular complexity index is 1890. The van der Waals surface area contributed by atoms with Crippen molar-refractivity contribution in [2.75, 3.05) is 68.2 Å². The number of morpholine rings is 1. The second-order valence-corrected chi connectivity index (χ2v) is 14.9. The summed E-state index contributed by atoms with van der Waals surface area (Å²) in [6.45, 7) is 2.82. The molecule has 1 amide bonds. The monoisotopic (exact) mass is 769 g/mol. The second-order valence-electron chi connectivity index (χ2n) is 14.9. The molecule has 8 atom stereocenters. The Morgan fingerprint density at radius 3 is 2.47 bits per heavy atom. The molecule has 0 spiro atoms. The van der Waals surface area contributed by atoms with Crippen molar-refractivity contribution in [2.24, 2.45) is 0 Å². The molecule has 5 aliphatic rings. The first kappa shape index (κ1) is 39.1. The van der Waals surface area contributed by atoms with Gasteiger partial charge < -0.3 is 58.3 Å². The highest BCUT2D eigenvalue weighted by Crippen LogP contribution is 2.53. The molecular weight excluding hydrogens is 722 g/mol. The van der Waals surface area contributed by atoms with Crippen LogP contribution in [-0.4, -0.2) is 164 Å². The van der Waals surface area contributed by atoms with Gasteiger partial charge in [0.25, 0.3) is 0 Å². The average molecular weight is 770 g/mol. The lowest BCUT2D eigenvalue weighted by atomic mass is 9.72. The molecule has 2 aromatic rings. The Morgan fingerprint density at radius 2 is 1.76 bits per heavy atom. The first-order chi connectivity index (χ1) is 26.2. The minimum Gasteiger partial charge on any atom is -0.507 e. The maximum absolute atomic E-state index is 14.1. The Morgan fingerprint density at radius 1 is 1.02 bits per heavy atom. The van der Waals surface area contributed by atoms with Crippen LogP contribution in [0.2, 0.25) is 0 Å². The standard InChI is InChI=1S/C38H47N3O14/c1-18-34-21(41-12-13-51-36(50-6)35(41)55-34)14-25(53-18)54-23-16-38(48,24(42)17-52-37(47)40(4)11-10-39(2)3)15-20-27(23)33(46)29-28(31(20)44)30(43)19-8-7-9-22(49-5)26(19)32(29)45/h7-9,18,21,23,25,34-36,44,46,48H,10-17H2,1-6H3/t18-,21-,23-,25?,34+,35+,36-,38-/m0/s1. The lowest BCUT2D eigenvalue weighted by Gasteiger charge is -2.43. The van der Waals surface area contributed by atoms with Gasteiger partial charge in [0.2, 0.25) is 11.6 Å². The average Bonchev–Trinajstić information content (AvgIpc) is 3.55. The fraction of sp³-hybridized carbons (Fsp3) is 0.579. The molecule has 0 bridgehead atoms. The normalized spacial score (nSPS) is 29.9. The number of hydrogen-bond acceptors (Lipinski definition) is 16. The molecule has 0 radical (unpaired) electrons. The van der Waals surface area contributed by atoms with Gasteiger partial charge in [-0.05, 0) is 27.1 Å². The van der Waals surface area contributed by atoms with Crippen molar-refractivity contribution >= 4 is 23.4 Å². The van der Waals surface area contributed by atoms with E-state index in [4.69, 9.17) is 33.2 Å². The SMILES string of the molecule is COc1cccc2c1C(=O)c1c(O)c3c(c(O)c1C2=O)C[C@@](O)(C(=O)COC(=O)N(C)CCN(C)C)C[C@@H]3OC1C[C@H]2[C@H](O[C@@H]3[C@@H](OC)OCCN32)[C@H](C)O1. The molecule has 3 fully saturated rings. The molecule has 3 heterocycles. The number of aliphatic hydroxyl groups is 1. The summed E-state index contributed by atoms with van der Waals surface area (Å²) in [4.78, 5) is 59.9. The van der Waals surface area contributed by atoms with Crippen molar-refractivity contribution < 1.29 is 67.7 Å². The fourth-order valence-electron chi connectivity index (χ4n) is 8.36. The van der Waals surface area contributed by atoms with E-state index in [9.17, 15) is 34.5 Å². The molecule has 1 unspecified atom stereocenters. The van der Waals surface area contributed by atoms with Gasteiger partial charge in [0.05, 0.1) is 42.6 Å². The second kappa shape index (κ2) is 15.0. The Kier molecular flexibility index (Phi) is 10.7. The number of aromatic hydroxyl groups is 2. The third-order valence-electron chi connectivity index (χ3n) is 11.2. The van der Waals surface area contributed by atoms with Crippen LogP contribution in [0.3, 0.4) is 0 Å². The van der Waals surface area contributed by atoms with Gasteiger partial charge in [-0.15, -0.1) is 0 Å². The van der Waals surface area contributed by atoms with Crippen LogP contribution >= 0.6 is 0 Å². The molecular formula is C38H47N3O14. The molecule has 3 N–H and O–H groups in total. The van der Waals surface area contributed by atoms with Crippen LogP contribution < -0.4 is 4.74 Å². The predicted octanol–water partition coefficient (Wildman–Crippen LogP) is 1.35. The summed E-state index contributed by atoms with van der Waals surface area (Å²) in [7, 11) is 8.08. The van der Waals surface area contributed by atoms with E-state index < -0.39 is 102 Å². The lowest BCUT2D eigenvalue weighted by Crippen LogP contribution is -2.55.